The van der Waals surface area contributed by atoms with Crippen molar-refractivity contribution in [1.82, 2.24) is 14.9 Å². The Labute approximate surface area is 140 Å². The molecule has 5 nitrogen and oxygen atoms in total. The van der Waals surface area contributed by atoms with E-state index in [-0.39, 0.29) is 11.5 Å². The summed E-state index contributed by atoms with van der Waals surface area (Å²) < 4.78 is 1.38. The summed E-state index contributed by atoms with van der Waals surface area (Å²) >= 11 is 0. The first-order valence-corrected chi connectivity index (χ1v) is 7.94. The van der Waals surface area contributed by atoms with Gasteiger partial charge >= 0.3 is 0 Å². The van der Waals surface area contributed by atoms with Gasteiger partial charge in [0.05, 0.1) is 17.2 Å². The van der Waals surface area contributed by atoms with Crippen LogP contribution in [-0.4, -0.2) is 22.0 Å². The minimum Gasteiger partial charge on any atom is -0.354 e. The topological polar surface area (TPSA) is 64.0 Å². The molecule has 0 bridgehead atoms. The van der Waals surface area contributed by atoms with Crippen molar-refractivity contribution in [3.8, 4) is 0 Å². The lowest BCUT2D eigenvalue weighted by atomic mass is 10.1. The summed E-state index contributed by atoms with van der Waals surface area (Å²) in [6.07, 6.45) is 2.19. The van der Waals surface area contributed by atoms with Crippen molar-refractivity contribution in [2.75, 3.05) is 6.54 Å². The normalized spacial score (nSPS) is 12.0. The number of nitrogens with one attached hydrogen (secondary N) is 1. The number of carbonyl (C=O) groups is 1. The van der Waals surface area contributed by atoms with Crippen LogP contribution in [0.1, 0.15) is 18.5 Å². The van der Waals surface area contributed by atoms with E-state index in [1.54, 1.807) is 25.1 Å². The first-order chi connectivity index (χ1) is 11.7. The average Bonchev–Trinajstić information content (AvgIpc) is 2.62. The number of amides is 1. The Balaban J connectivity index is 1.69. The fourth-order valence-electron chi connectivity index (χ4n) is 2.61. The number of para-hydroxylation sites is 1. The predicted octanol–water partition coefficient (Wildman–Crippen LogP) is 2.32. The van der Waals surface area contributed by atoms with E-state index in [0.29, 0.717) is 17.4 Å². The zero-order valence-corrected chi connectivity index (χ0v) is 13.5. The Morgan fingerprint density at radius 1 is 1.12 bits per heavy atom. The Hall–Kier alpha value is -2.95. The maximum absolute atomic E-state index is 12.5. The lowest BCUT2D eigenvalue weighted by Crippen LogP contribution is -2.36. The molecule has 0 radical (unpaired) electrons. The van der Waals surface area contributed by atoms with Crippen LogP contribution in [0.25, 0.3) is 10.9 Å². The molecule has 1 heterocycles. The third-order valence-corrected chi connectivity index (χ3v) is 4.04. The van der Waals surface area contributed by atoms with Crippen molar-refractivity contribution in [2.24, 2.45) is 0 Å². The minimum atomic E-state index is -0.606. The molecule has 1 atom stereocenters. The quantitative estimate of drug-likeness (QED) is 0.784. The summed E-state index contributed by atoms with van der Waals surface area (Å²) in [5.41, 5.74) is 1.59. The number of carbonyl (C=O) groups excluding carboxylic acids is 1. The van der Waals surface area contributed by atoms with Crippen LogP contribution in [0.15, 0.2) is 65.7 Å². The van der Waals surface area contributed by atoms with E-state index in [1.165, 1.54) is 10.9 Å². The third kappa shape index (κ3) is 3.35. The van der Waals surface area contributed by atoms with Gasteiger partial charge in [-0.2, -0.15) is 0 Å². The highest BCUT2D eigenvalue weighted by molar-refractivity contribution is 5.81. The van der Waals surface area contributed by atoms with Gasteiger partial charge in [0.2, 0.25) is 5.91 Å². The monoisotopic (exact) mass is 321 g/mol. The number of hydrogen-bond acceptors (Lipinski definition) is 3. The highest BCUT2D eigenvalue weighted by Crippen LogP contribution is 2.08. The molecule has 1 N–H and O–H groups in total. The molecule has 0 unspecified atom stereocenters. The molecule has 3 rings (SSSR count). The fourth-order valence-corrected chi connectivity index (χ4v) is 2.61. The summed E-state index contributed by atoms with van der Waals surface area (Å²) in [7, 11) is 0. The molecule has 5 heteroatoms. The highest BCUT2D eigenvalue weighted by Gasteiger charge is 2.17. The van der Waals surface area contributed by atoms with Gasteiger partial charge in [-0.3, -0.25) is 14.2 Å². The maximum Gasteiger partial charge on any atom is 0.261 e. The molecule has 1 amide bonds. The molecule has 24 heavy (non-hydrogen) atoms. The molecule has 0 fully saturated rings. The van der Waals surface area contributed by atoms with E-state index < -0.39 is 6.04 Å². The average molecular weight is 321 g/mol. The van der Waals surface area contributed by atoms with Crippen LogP contribution < -0.4 is 10.9 Å². The van der Waals surface area contributed by atoms with E-state index in [9.17, 15) is 9.59 Å². The molecule has 0 spiro atoms. The number of nitrogens with zero attached hydrogens (tertiary/aromatic N) is 2. The zero-order valence-electron chi connectivity index (χ0n) is 13.5. The van der Waals surface area contributed by atoms with Gasteiger partial charge < -0.3 is 5.32 Å². The minimum absolute atomic E-state index is 0.190. The molecule has 0 saturated heterocycles. The maximum atomic E-state index is 12.5. The summed E-state index contributed by atoms with van der Waals surface area (Å²) in [5, 5.41) is 3.40. The number of aromatic nitrogens is 2. The number of hydrogen-bond donors (Lipinski definition) is 1. The molecule has 0 aliphatic rings. The van der Waals surface area contributed by atoms with Gasteiger partial charge in [0.25, 0.3) is 5.56 Å². The number of rotatable bonds is 5. The summed E-state index contributed by atoms with van der Waals surface area (Å²) in [4.78, 5) is 29.1. The predicted molar refractivity (Wildman–Crippen MR) is 93.9 cm³/mol. The molecule has 122 valence electrons. The Morgan fingerprint density at radius 2 is 1.83 bits per heavy atom. The van der Waals surface area contributed by atoms with E-state index in [1.807, 2.05) is 36.4 Å². The van der Waals surface area contributed by atoms with E-state index in [0.717, 1.165) is 12.0 Å². The Morgan fingerprint density at radius 3 is 2.62 bits per heavy atom. The van der Waals surface area contributed by atoms with Gasteiger partial charge in [-0.05, 0) is 31.0 Å². The number of benzene rings is 2. The second-order valence-corrected chi connectivity index (χ2v) is 5.68. The highest BCUT2D eigenvalue weighted by atomic mass is 16.2. The smallest absolute Gasteiger partial charge is 0.261 e. The molecular weight excluding hydrogens is 302 g/mol. The van der Waals surface area contributed by atoms with Crippen LogP contribution >= 0.6 is 0 Å². The molecule has 0 saturated carbocycles. The van der Waals surface area contributed by atoms with E-state index in [2.05, 4.69) is 10.3 Å². The summed E-state index contributed by atoms with van der Waals surface area (Å²) in [5.74, 6) is -0.190. The van der Waals surface area contributed by atoms with Gasteiger partial charge in [0, 0.05) is 6.54 Å². The van der Waals surface area contributed by atoms with E-state index >= 15 is 0 Å². The van der Waals surface area contributed by atoms with Crippen LogP contribution in [0.5, 0.6) is 0 Å². The zero-order chi connectivity index (χ0) is 16.9. The van der Waals surface area contributed by atoms with Crippen molar-refractivity contribution >= 4 is 16.8 Å². The van der Waals surface area contributed by atoms with Gasteiger partial charge in [-0.25, -0.2) is 4.98 Å². The molecule has 0 aliphatic heterocycles. The fraction of sp³-hybridized carbons (Fsp3) is 0.211. The van der Waals surface area contributed by atoms with Crippen molar-refractivity contribution in [3.05, 3.63) is 76.8 Å². The first-order valence-electron chi connectivity index (χ1n) is 7.94. The van der Waals surface area contributed by atoms with Gasteiger partial charge in [0.1, 0.15) is 6.04 Å². The lowest BCUT2D eigenvalue weighted by Gasteiger charge is -2.15. The first kappa shape index (κ1) is 15.9. The second kappa shape index (κ2) is 7.08. The standard InChI is InChI=1S/C19H19N3O2/c1-14(18(23)20-12-11-15-7-3-2-4-8-15)22-13-21-17-10-6-5-9-16(17)19(22)24/h2-10,13-14H,11-12H2,1H3,(H,20,23)/t14-/m0/s1. The molecule has 0 aliphatic carbocycles. The van der Waals surface area contributed by atoms with Crippen LogP contribution in [0.3, 0.4) is 0 Å². The van der Waals surface area contributed by atoms with Crippen LogP contribution in [0, 0.1) is 0 Å². The molecule has 3 aromatic rings. The van der Waals surface area contributed by atoms with E-state index in [4.69, 9.17) is 0 Å². The van der Waals surface area contributed by atoms with Gasteiger partial charge in [-0.15, -0.1) is 0 Å². The third-order valence-electron chi connectivity index (χ3n) is 4.04. The van der Waals surface area contributed by atoms with Gasteiger partial charge in [-0.1, -0.05) is 42.5 Å². The summed E-state index contributed by atoms with van der Waals surface area (Å²) in [6, 6.07) is 16.5. The van der Waals surface area contributed by atoms with Crippen molar-refractivity contribution < 1.29 is 4.79 Å². The Bertz CT molecular complexity index is 903. The van der Waals surface area contributed by atoms with Crippen LogP contribution in [-0.2, 0) is 11.2 Å². The molecular formula is C19H19N3O2. The van der Waals surface area contributed by atoms with Crippen molar-refractivity contribution in [1.29, 1.82) is 0 Å². The SMILES string of the molecule is C[C@@H](C(=O)NCCc1ccccc1)n1cnc2ccccc2c1=O. The number of fused-ring (bicyclic) bond motifs is 1. The largest absolute Gasteiger partial charge is 0.354 e. The Kier molecular flexibility index (Phi) is 4.70. The van der Waals surface area contributed by atoms with Crippen LogP contribution in [0.4, 0.5) is 0 Å². The second-order valence-electron chi connectivity index (χ2n) is 5.68. The summed E-state index contributed by atoms with van der Waals surface area (Å²) in [6.45, 7) is 2.23. The van der Waals surface area contributed by atoms with Crippen LogP contribution in [0.2, 0.25) is 0 Å². The molecule has 1 aromatic heterocycles. The van der Waals surface area contributed by atoms with Gasteiger partial charge in [0.15, 0.2) is 0 Å². The van der Waals surface area contributed by atoms with Crippen molar-refractivity contribution in [2.45, 2.75) is 19.4 Å². The molecule has 2 aromatic carbocycles. The van der Waals surface area contributed by atoms with Crippen molar-refractivity contribution in [3.63, 3.8) is 0 Å². The lowest BCUT2D eigenvalue weighted by molar-refractivity contribution is -0.123.